The van der Waals surface area contributed by atoms with E-state index in [-0.39, 0.29) is 17.3 Å². The van der Waals surface area contributed by atoms with Crippen molar-refractivity contribution in [3.8, 4) is 0 Å². The summed E-state index contributed by atoms with van der Waals surface area (Å²) in [6.07, 6.45) is 22.0. The molecule has 1 aliphatic heterocycles. The Bertz CT molecular complexity index is 723. The van der Waals surface area contributed by atoms with Gasteiger partial charge >= 0.3 is 5.97 Å². The molecule has 0 amide bonds. The zero-order valence-electron chi connectivity index (χ0n) is 17.9. The van der Waals surface area contributed by atoms with E-state index in [1.165, 1.54) is 11.6 Å². The Kier molecular flexibility index (Phi) is 8.25. The number of carbonyl (C=O) groups excluding carboxylic acids is 1. The molecule has 0 bridgehead atoms. The topological polar surface area (TPSA) is 38.3 Å². The first-order valence-corrected chi connectivity index (χ1v) is 10.3. The van der Waals surface area contributed by atoms with Crippen LogP contribution in [0, 0.1) is 17.3 Å². The van der Waals surface area contributed by atoms with E-state index in [0.29, 0.717) is 18.6 Å². The van der Waals surface area contributed by atoms with E-state index in [9.17, 15) is 4.79 Å². The van der Waals surface area contributed by atoms with Crippen LogP contribution in [-0.4, -0.2) is 25.2 Å². The summed E-state index contributed by atoms with van der Waals surface area (Å²) in [5, 5.41) is 3.56. The molecule has 4 atom stereocenters. The van der Waals surface area contributed by atoms with E-state index in [1.807, 2.05) is 6.08 Å². The summed E-state index contributed by atoms with van der Waals surface area (Å²) in [5.74, 6) is 0.218. The number of carbonyl (C=O) groups is 1. The Balaban J connectivity index is 2.40. The van der Waals surface area contributed by atoms with Gasteiger partial charge in [-0.15, -0.1) is 0 Å². The van der Waals surface area contributed by atoms with Crippen molar-refractivity contribution in [3.05, 3.63) is 71.9 Å². The Labute approximate surface area is 170 Å². The third-order valence-electron chi connectivity index (χ3n) is 5.38. The fourth-order valence-corrected chi connectivity index (χ4v) is 3.61. The van der Waals surface area contributed by atoms with Crippen LogP contribution in [-0.2, 0) is 9.53 Å². The maximum absolute atomic E-state index is 11.8. The molecule has 152 valence electrons. The van der Waals surface area contributed by atoms with Crippen LogP contribution in [0.25, 0.3) is 0 Å². The van der Waals surface area contributed by atoms with E-state index >= 15 is 0 Å². The number of allylic oxidation sites excluding steroid dienone is 9. The van der Waals surface area contributed by atoms with Gasteiger partial charge in [-0.25, -0.2) is 4.79 Å². The molecule has 0 spiro atoms. The van der Waals surface area contributed by atoms with Crippen LogP contribution < -0.4 is 5.32 Å². The van der Waals surface area contributed by atoms with E-state index in [2.05, 4.69) is 82.5 Å². The van der Waals surface area contributed by atoms with E-state index in [0.717, 1.165) is 18.5 Å². The minimum absolute atomic E-state index is 0.0249. The normalized spacial score (nSPS) is 38.9. The molecule has 0 aromatic heterocycles. The molecule has 2 rings (SSSR count). The largest absolute Gasteiger partial charge is 0.462 e. The van der Waals surface area contributed by atoms with Crippen LogP contribution >= 0.6 is 0 Å². The Morgan fingerprint density at radius 1 is 1.14 bits per heavy atom. The molecule has 3 nitrogen and oxygen atoms in total. The molecular weight excluding hydrogens is 346 g/mol. The predicted octanol–water partition coefficient (Wildman–Crippen LogP) is 5.30. The number of likely N-dealkylation sites (N-methyl/N-ethyl adjacent to an activating group) is 1. The molecule has 0 saturated heterocycles. The molecular formula is C25H35NO2. The second kappa shape index (κ2) is 10.4. The summed E-state index contributed by atoms with van der Waals surface area (Å²) in [7, 11) is 0. The van der Waals surface area contributed by atoms with Gasteiger partial charge in [-0.05, 0) is 32.2 Å². The highest BCUT2D eigenvalue weighted by molar-refractivity contribution is 5.82. The van der Waals surface area contributed by atoms with Crippen molar-refractivity contribution >= 4 is 5.97 Å². The number of cyclic esters (lactones) is 1. The summed E-state index contributed by atoms with van der Waals surface area (Å²) >= 11 is 0. The van der Waals surface area contributed by atoms with E-state index in [4.69, 9.17) is 4.74 Å². The van der Waals surface area contributed by atoms with Gasteiger partial charge in [0.15, 0.2) is 0 Å². The molecule has 1 heterocycles. The monoisotopic (exact) mass is 381 g/mol. The van der Waals surface area contributed by atoms with Crippen molar-refractivity contribution in [1.29, 1.82) is 0 Å². The van der Waals surface area contributed by atoms with Gasteiger partial charge in [-0.2, -0.15) is 0 Å². The molecule has 0 radical (unpaired) electrons. The summed E-state index contributed by atoms with van der Waals surface area (Å²) in [5.41, 5.74) is 2.37. The Morgan fingerprint density at radius 3 is 2.68 bits per heavy atom. The second-order valence-corrected chi connectivity index (χ2v) is 8.27. The highest BCUT2D eigenvalue weighted by Gasteiger charge is 2.34. The van der Waals surface area contributed by atoms with Crippen molar-refractivity contribution in [3.63, 3.8) is 0 Å². The summed E-state index contributed by atoms with van der Waals surface area (Å²) in [6.45, 7) is 12.1. The fraction of sp³-hybridized carbons (Fsp3) is 0.480. The molecule has 0 aromatic rings. The zero-order valence-corrected chi connectivity index (χ0v) is 17.9. The first-order valence-electron chi connectivity index (χ1n) is 10.3. The van der Waals surface area contributed by atoms with Crippen molar-refractivity contribution in [2.45, 2.75) is 47.1 Å². The highest BCUT2D eigenvalue weighted by Crippen LogP contribution is 2.40. The van der Waals surface area contributed by atoms with Gasteiger partial charge in [0, 0.05) is 24.0 Å². The first-order chi connectivity index (χ1) is 13.3. The van der Waals surface area contributed by atoms with Crippen LogP contribution in [0.5, 0.6) is 0 Å². The molecule has 0 aromatic carbocycles. The van der Waals surface area contributed by atoms with Gasteiger partial charge in [0.25, 0.3) is 0 Å². The number of hydrogen-bond acceptors (Lipinski definition) is 3. The van der Waals surface area contributed by atoms with Crippen molar-refractivity contribution in [2.24, 2.45) is 17.3 Å². The summed E-state index contributed by atoms with van der Waals surface area (Å²) in [6, 6.07) is 0.393. The van der Waals surface area contributed by atoms with Gasteiger partial charge in [0.1, 0.15) is 0 Å². The number of hydrogen-bond donors (Lipinski definition) is 1. The quantitative estimate of drug-likeness (QED) is 0.521. The van der Waals surface area contributed by atoms with Crippen LogP contribution in [0.3, 0.4) is 0 Å². The highest BCUT2D eigenvalue weighted by atomic mass is 16.5. The number of nitrogens with one attached hydrogen (secondary N) is 1. The van der Waals surface area contributed by atoms with Crippen molar-refractivity contribution < 1.29 is 9.53 Å². The van der Waals surface area contributed by atoms with Crippen molar-refractivity contribution in [1.82, 2.24) is 5.32 Å². The second-order valence-electron chi connectivity index (χ2n) is 8.27. The van der Waals surface area contributed by atoms with Gasteiger partial charge in [0.05, 0.1) is 6.61 Å². The molecule has 2 aliphatic rings. The van der Waals surface area contributed by atoms with Gasteiger partial charge < -0.3 is 10.1 Å². The molecule has 1 N–H and O–H groups in total. The predicted molar refractivity (Wildman–Crippen MR) is 118 cm³/mol. The molecule has 3 heteroatoms. The van der Waals surface area contributed by atoms with Crippen LogP contribution in [0.4, 0.5) is 0 Å². The Morgan fingerprint density at radius 2 is 1.93 bits per heavy atom. The lowest BCUT2D eigenvalue weighted by Gasteiger charge is -2.39. The number of ether oxygens (including phenoxy) is 1. The Hall–Kier alpha value is -2.13. The maximum atomic E-state index is 11.8. The van der Waals surface area contributed by atoms with Gasteiger partial charge in [-0.3, -0.25) is 0 Å². The minimum Gasteiger partial charge on any atom is -0.462 e. The third kappa shape index (κ3) is 6.79. The average molecular weight is 382 g/mol. The molecule has 0 saturated carbocycles. The van der Waals surface area contributed by atoms with Crippen LogP contribution in [0.2, 0.25) is 0 Å². The lowest BCUT2D eigenvalue weighted by molar-refractivity contribution is -0.138. The third-order valence-corrected chi connectivity index (χ3v) is 5.38. The zero-order chi connectivity index (χ0) is 20.6. The van der Waals surface area contributed by atoms with E-state index < -0.39 is 0 Å². The number of esters is 1. The number of rotatable bonds is 2. The lowest BCUT2D eigenvalue weighted by Crippen LogP contribution is -2.38. The average Bonchev–Trinajstić information content (AvgIpc) is 2.65. The van der Waals surface area contributed by atoms with Crippen LogP contribution in [0.15, 0.2) is 71.9 Å². The summed E-state index contributed by atoms with van der Waals surface area (Å²) in [4.78, 5) is 11.8. The maximum Gasteiger partial charge on any atom is 0.330 e. The summed E-state index contributed by atoms with van der Waals surface area (Å²) < 4.78 is 5.30. The molecule has 1 aliphatic carbocycles. The van der Waals surface area contributed by atoms with E-state index in [1.54, 1.807) is 6.08 Å². The van der Waals surface area contributed by atoms with Crippen LogP contribution in [0.1, 0.15) is 41.0 Å². The van der Waals surface area contributed by atoms with Gasteiger partial charge in [-0.1, -0.05) is 86.6 Å². The number of fused-ring (bicyclic) bond motifs is 1. The molecule has 0 fully saturated rings. The molecule has 4 unspecified atom stereocenters. The fourth-order valence-electron chi connectivity index (χ4n) is 3.61. The first kappa shape index (κ1) is 22.2. The van der Waals surface area contributed by atoms with Gasteiger partial charge in [0.2, 0.25) is 0 Å². The minimum atomic E-state index is -0.300. The lowest BCUT2D eigenvalue weighted by atomic mass is 9.68. The molecule has 28 heavy (non-hydrogen) atoms. The standard InChI is InChI=1S/C25H35NO2/c1-6-26-23-13-12-22-16-20(3)10-11-21(4)18-28-24(27)9-7-8-19(2)14-15-25(22,5)17-23/h7-16,21-23,26H,6,17-18H2,1-5H3/b9-7-,11-10-,15-14-,19-8-,20-16-. The van der Waals surface area contributed by atoms with Crippen molar-refractivity contribution in [2.75, 3.05) is 13.2 Å². The SMILES string of the molecule is CCNC1C=CC2/C=C(C)\C=C/C(C)COC(=O)\C=C/C=C(C)\C=C/C2(C)C1. The smallest absolute Gasteiger partial charge is 0.330 e.